The largest absolute Gasteiger partial charge is 0.342 e. The van der Waals surface area contributed by atoms with E-state index in [2.05, 4.69) is 25.9 Å². The molecule has 0 aliphatic heterocycles. The zero-order chi connectivity index (χ0) is 18.4. The van der Waals surface area contributed by atoms with Crippen LogP contribution in [-0.4, -0.2) is 24.1 Å². The van der Waals surface area contributed by atoms with Gasteiger partial charge in [-0.15, -0.1) is 0 Å². The number of benzene rings is 2. The molecule has 132 valence electrons. The van der Waals surface area contributed by atoms with Gasteiger partial charge in [-0.3, -0.25) is 0 Å². The number of aromatic amines is 1. The van der Waals surface area contributed by atoms with Crippen molar-refractivity contribution in [1.29, 1.82) is 0 Å². The molecule has 0 atom stereocenters. The maximum atomic E-state index is 14.3. The number of aromatic nitrogens is 2. The van der Waals surface area contributed by atoms with Gasteiger partial charge in [-0.05, 0) is 39.7 Å². The lowest BCUT2D eigenvalue weighted by Gasteiger charge is -2.05. The van der Waals surface area contributed by atoms with E-state index in [-0.39, 0.29) is 17.1 Å². The zero-order valence-electron chi connectivity index (χ0n) is 12.9. The molecule has 4 nitrogen and oxygen atoms in total. The van der Waals surface area contributed by atoms with Crippen molar-refractivity contribution in [3.63, 3.8) is 0 Å². The number of hydrogen-bond acceptors (Lipinski definition) is 3. The molecular formula is C16H12BrCl2FN2O2S. The molecule has 1 aromatic heterocycles. The first-order chi connectivity index (χ1) is 11.7. The van der Waals surface area contributed by atoms with Crippen molar-refractivity contribution >= 4 is 60.0 Å². The summed E-state index contributed by atoms with van der Waals surface area (Å²) >= 11 is 15.6. The van der Waals surface area contributed by atoms with Crippen LogP contribution >= 0.6 is 39.1 Å². The lowest BCUT2D eigenvalue weighted by atomic mass is 10.1. The van der Waals surface area contributed by atoms with E-state index >= 15 is 0 Å². The first-order valence-electron chi connectivity index (χ1n) is 7.26. The fourth-order valence-corrected chi connectivity index (χ4v) is 4.10. The van der Waals surface area contributed by atoms with E-state index in [9.17, 15) is 12.8 Å². The number of rotatable bonds is 4. The van der Waals surface area contributed by atoms with Gasteiger partial charge in [0.25, 0.3) is 0 Å². The van der Waals surface area contributed by atoms with E-state index in [1.54, 1.807) is 6.07 Å². The number of imidazole rings is 1. The van der Waals surface area contributed by atoms with Crippen LogP contribution in [0.25, 0.3) is 11.0 Å². The lowest BCUT2D eigenvalue weighted by molar-refractivity contribution is 0.588. The Morgan fingerprint density at radius 3 is 2.64 bits per heavy atom. The maximum Gasteiger partial charge on any atom is 0.178 e. The highest BCUT2D eigenvalue weighted by molar-refractivity contribution is 9.10. The molecule has 0 amide bonds. The Bertz CT molecular complexity index is 1080. The molecule has 2 aromatic carbocycles. The van der Waals surface area contributed by atoms with Gasteiger partial charge >= 0.3 is 0 Å². The molecule has 0 aliphatic carbocycles. The number of H-pyrrole nitrogens is 1. The van der Waals surface area contributed by atoms with Crippen molar-refractivity contribution in [3.8, 4) is 0 Å². The highest BCUT2D eigenvalue weighted by Crippen LogP contribution is 2.36. The number of nitrogens with zero attached hydrogens (tertiary/aromatic N) is 1. The standard InChI is InChI=1S/C16H12BrCl2FN2O2S/c1-2-25(23,24)9-4-3-8(11(20)6-9)5-13-21-12-7-10(18)14(17)15(19)16(12)22-13/h3-4,6-7H,2,5H2,1H3,(H,21,22). The molecule has 3 aromatic rings. The number of halogens is 4. The quantitative estimate of drug-likeness (QED) is 0.541. The third kappa shape index (κ3) is 3.56. The minimum Gasteiger partial charge on any atom is -0.342 e. The molecule has 0 radical (unpaired) electrons. The zero-order valence-corrected chi connectivity index (χ0v) is 16.8. The Morgan fingerprint density at radius 1 is 1.28 bits per heavy atom. The Labute approximate surface area is 162 Å². The van der Waals surface area contributed by atoms with Crippen LogP contribution in [0.3, 0.4) is 0 Å². The van der Waals surface area contributed by atoms with E-state index in [0.717, 1.165) is 6.07 Å². The summed E-state index contributed by atoms with van der Waals surface area (Å²) in [7, 11) is -3.45. The number of hydrogen-bond donors (Lipinski definition) is 1. The highest BCUT2D eigenvalue weighted by Gasteiger charge is 2.17. The van der Waals surface area contributed by atoms with Crippen LogP contribution in [-0.2, 0) is 16.3 Å². The van der Waals surface area contributed by atoms with Gasteiger partial charge in [-0.25, -0.2) is 17.8 Å². The molecule has 1 N–H and O–H groups in total. The Morgan fingerprint density at radius 2 is 2.00 bits per heavy atom. The van der Waals surface area contributed by atoms with Gasteiger partial charge in [0.15, 0.2) is 9.84 Å². The Hall–Kier alpha value is -1.15. The molecule has 25 heavy (non-hydrogen) atoms. The predicted octanol–water partition coefficient (Wildman–Crippen LogP) is 5.16. The molecule has 0 saturated heterocycles. The first kappa shape index (κ1) is 18.6. The minimum absolute atomic E-state index is 0.0281. The van der Waals surface area contributed by atoms with Gasteiger partial charge in [0.1, 0.15) is 17.2 Å². The highest BCUT2D eigenvalue weighted by atomic mass is 79.9. The predicted molar refractivity (Wildman–Crippen MR) is 101 cm³/mol. The number of nitrogens with one attached hydrogen (secondary N) is 1. The molecule has 3 rings (SSSR count). The molecule has 1 heterocycles. The van der Waals surface area contributed by atoms with E-state index in [1.165, 1.54) is 19.1 Å². The third-order valence-corrected chi connectivity index (χ3v) is 7.46. The normalized spacial score (nSPS) is 12.0. The average molecular weight is 466 g/mol. The summed E-state index contributed by atoms with van der Waals surface area (Å²) in [6.45, 7) is 1.52. The molecule has 0 spiro atoms. The van der Waals surface area contributed by atoms with Crippen LogP contribution in [0.4, 0.5) is 4.39 Å². The van der Waals surface area contributed by atoms with E-state index < -0.39 is 15.7 Å². The number of fused-ring (bicyclic) bond motifs is 1. The van der Waals surface area contributed by atoms with Crippen LogP contribution in [0.15, 0.2) is 33.6 Å². The summed E-state index contributed by atoms with van der Waals surface area (Å²) < 4.78 is 38.5. The summed E-state index contributed by atoms with van der Waals surface area (Å²) in [6.07, 6.45) is 0.165. The first-order valence-corrected chi connectivity index (χ1v) is 10.5. The lowest BCUT2D eigenvalue weighted by Crippen LogP contribution is -2.05. The van der Waals surface area contributed by atoms with E-state index in [4.69, 9.17) is 23.2 Å². The van der Waals surface area contributed by atoms with Crippen LogP contribution in [0.1, 0.15) is 18.3 Å². The van der Waals surface area contributed by atoms with Gasteiger partial charge in [0, 0.05) is 6.42 Å². The molecule has 0 fully saturated rings. The SMILES string of the molecule is CCS(=O)(=O)c1ccc(Cc2nc3c(Cl)c(Br)c(Cl)cc3[nH]2)c(F)c1. The number of sulfone groups is 1. The van der Waals surface area contributed by atoms with Crippen LogP contribution in [0.2, 0.25) is 10.0 Å². The Balaban J connectivity index is 1.98. The van der Waals surface area contributed by atoms with Gasteiger partial charge in [-0.1, -0.05) is 36.2 Å². The second-order valence-corrected chi connectivity index (χ2v) is 9.26. The maximum absolute atomic E-state index is 14.3. The molecule has 0 bridgehead atoms. The second-order valence-electron chi connectivity index (χ2n) is 5.40. The van der Waals surface area contributed by atoms with Gasteiger partial charge < -0.3 is 4.98 Å². The smallest absolute Gasteiger partial charge is 0.178 e. The monoisotopic (exact) mass is 464 g/mol. The summed E-state index contributed by atoms with van der Waals surface area (Å²) in [5.41, 5.74) is 1.49. The topological polar surface area (TPSA) is 62.8 Å². The van der Waals surface area contributed by atoms with E-state index in [1.807, 2.05) is 0 Å². The molecule has 0 saturated carbocycles. The van der Waals surface area contributed by atoms with Crippen molar-refractivity contribution < 1.29 is 12.8 Å². The van der Waals surface area contributed by atoms with Crippen molar-refractivity contribution in [2.45, 2.75) is 18.2 Å². The van der Waals surface area contributed by atoms with Crippen molar-refractivity contribution in [3.05, 3.63) is 56.0 Å². The summed E-state index contributed by atoms with van der Waals surface area (Å²) in [4.78, 5) is 7.40. The van der Waals surface area contributed by atoms with E-state index in [0.29, 0.717) is 36.9 Å². The molecule has 0 aliphatic rings. The van der Waals surface area contributed by atoms with Crippen molar-refractivity contribution in [1.82, 2.24) is 9.97 Å². The summed E-state index contributed by atoms with van der Waals surface area (Å²) in [6, 6.07) is 5.57. The minimum atomic E-state index is -3.45. The van der Waals surface area contributed by atoms with Crippen LogP contribution < -0.4 is 0 Å². The molecule has 9 heteroatoms. The summed E-state index contributed by atoms with van der Waals surface area (Å²) in [5.74, 6) is -0.180. The van der Waals surface area contributed by atoms with Gasteiger partial charge in [-0.2, -0.15) is 0 Å². The third-order valence-electron chi connectivity index (χ3n) is 3.78. The average Bonchev–Trinajstić information content (AvgIpc) is 2.97. The van der Waals surface area contributed by atoms with Crippen LogP contribution in [0, 0.1) is 5.82 Å². The van der Waals surface area contributed by atoms with Crippen molar-refractivity contribution in [2.24, 2.45) is 0 Å². The van der Waals surface area contributed by atoms with Gasteiger partial charge in [0.2, 0.25) is 0 Å². The Kier molecular flexibility index (Phi) is 5.12. The molecular weight excluding hydrogens is 454 g/mol. The fraction of sp³-hybridized carbons (Fsp3) is 0.188. The van der Waals surface area contributed by atoms with Crippen molar-refractivity contribution in [2.75, 3.05) is 5.75 Å². The van der Waals surface area contributed by atoms with Crippen LogP contribution in [0.5, 0.6) is 0 Å². The summed E-state index contributed by atoms with van der Waals surface area (Å²) in [5, 5.41) is 0.808. The second kappa shape index (κ2) is 6.87. The van der Waals surface area contributed by atoms with Gasteiger partial charge in [0.05, 0.1) is 30.7 Å². The molecule has 0 unspecified atom stereocenters. The fourth-order valence-electron chi connectivity index (χ4n) is 2.40.